The summed E-state index contributed by atoms with van der Waals surface area (Å²) in [7, 11) is 5.45. The lowest BCUT2D eigenvalue weighted by Gasteiger charge is -2.20. The Morgan fingerprint density at radius 3 is 2.67 bits per heavy atom. The SMILES string of the molecule is COc1cc(C(C)(F)F)nc(-n2nc(N3CCC(N(C)C)C3)c3cnc(Cl)cc32)n1. The molecule has 1 atom stereocenters. The van der Waals surface area contributed by atoms with E-state index in [1.54, 1.807) is 12.3 Å². The number of fused-ring (bicyclic) bond motifs is 1. The van der Waals surface area contributed by atoms with Crippen LogP contribution in [0, 0.1) is 0 Å². The van der Waals surface area contributed by atoms with Crippen LogP contribution >= 0.6 is 11.6 Å². The van der Waals surface area contributed by atoms with Crippen molar-refractivity contribution >= 4 is 28.3 Å². The zero-order valence-corrected chi connectivity index (χ0v) is 17.9. The standard InChI is InChI=1S/C19H22ClF2N7O/c1-19(21,22)14-8-16(30-4)25-18(24-14)29-13-7-15(20)23-9-12(13)17(26-29)28-6-5-11(10-28)27(2)3/h7-9,11H,5-6,10H2,1-4H3. The molecule has 0 aromatic carbocycles. The molecule has 0 amide bonds. The molecule has 1 aliphatic heterocycles. The summed E-state index contributed by atoms with van der Waals surface area (Å²) in [4.78, 5) is 16.8. The zero-order valence-electron chi connectivity index (χ0n) is 17.1. The molecule has 4 rings (SSSR count). The van der Waals surface area contributed by atoms with Crippen LogP contribution in [-0.2, 0) is 5.92 Å². The molecule has 0 N–H and O–H groups in total. The number of halogens is 3. The summed E-state index contributed by atoms with van der Waals surface area (Å²) >= 11 is 6.12. The van der Waals surface area contributed by atoms with Crippen molar-refractivity contribution in [2.45, 2.75) is 25.3 Å². The number of nitrogens with zero attached hydrogens (tertiary/aromatic N) is 7. The van der Waals surface area contributed by atoms with E-state index in [1.165, 1.54) is 11.8 Å². The minimum atomic E-state index is -3.16. The molecule has 1 saturated heterocycles. The van der Waals surface area contributed by atoms with E-state index in [0.29, 0.717) is 17.4 Å². The van der Waals surface area contributed by atoms with E-state index in [1.807, 2.05) is 14.1 Å². The van der Waals surface area contributed by atoms with Gasteiger partial charge in [-0.25, -0.2) is 9.97 Å². The van der Waals surface area contributed by atoms with Crippen LogP contribution in [0.1, 0.15) is 19.0 Å². The summed E-state index contributed by atoms with van der Waals surface area (Å²) in [5.74, 6) is -2.47. The molecule has 11 heteroatoms. The minimum Gasteiger partial charge on any atom is -0.481 e. The van der Waals surface area contributed by atoms with E-state index in [0.717, 1.165) is 37.9 Å². The van der Waals surface area contributed by atoms with Crippen LogP contribution < -0.4 is 9.64 Å². The molecular weight excluding hydrogens is 416 g/mol. The van der Waals surface area contributed by atoms with Gasteiger partial charge in [-0.15, -0.1) is 5.10 Å². The Kier molecular flexibility index (Phi) is 5.23. The first-order chi connectivity index (χ1) is 14.2. The number of pyridine rings is 1. The van der Waals surface area contributed by atoms with Crippen LogP contribution in [0.25, 0.3) is 16.9 Å². The summed E-state index contributed by atoms with van der Waals surface area (Å²) in [6.45, 7) is 2.38. The van der Waals surface area contributed by atoms with Crippen molar-refractivity contribution < 1.29 is 13.5 Å². The molecular formula is C19H22ClF2N7O. The van der Waals surface area contributed by atoms with E-state index in [4.69, 9.17) is 16.3 Å². The molecule has 1 aliphatic rings. The number of rotatable bonds is 5. The van der Waals surface area contributed by atoms with Gasteiger partial charge >= 0.3 is 0 Å². The second-order valence-electron chi connectivity index (χ2n) is 7.60. The molecule has 1 unspecified atom stereocenters. The Hall–Kier alpha value is -2.59. The molecule has 3 aromatic rings. The molecule has 0 saturated carbocycles. The number of ether oxygens (including phenoxy) is 1. The monoisotopic (exact) mass is 437 g/mol. The molecule has 1 fully saturated rings. The molecule has 0 spiro atoms. The van der Waals surface area contributed by atoms with Gasteiger partial charge in [-0.05, 0) is 20.5 Å². The first-order valence-corrected chi connectivity index (χ1v) is 9.82. The lowest BCUT2D eigenvalue weighted by molar-refractivity contribution is 0.0123. The smallest absolute Gasteiger partial charge is 0.287 e. The fraction of sp³-hybridized carbons (Fsp3) is 0.474. The van der Waals surface area contributed by atoms with E-state index in [2.05, 4.69) is 29.9 Å². The number of hydrogen-bond donors (Lipinski definition) is 0. The molecule has 0 aliphatic carbocycles. The van der Waals surface area contributed by atoms with Crippen molar-refractivity contribution in [3.05, 3.63) is 29.2 Å². The Balaban J connectivity index is 1.87. The van der Waals surface area contributed by atoms with Gasteiger partial charge < -0.3 is 14.5 Å². The number of likely N-dealkylation sites (N-methyl/N-ethyl adjacent to an activating group) is 1. The van der Waals surface area contributed by atoms with E-state index in [9.17, 15) is 8.78 Å². The van der Waals surface area contributed by atoms with Gasteiger partial charge in [0.1, 0.15) is 10.8 Å². The average Bonchev–Trinajstić information content (AvgIpc) is 3.31. The highest BCUT2D eigenvalue weighted by molar-refractivity contribution is 6.30. The normalized spacial score (nSPS) is 17.3. The van der Waals surface area contributed by atoms with Crippen LogP contribution in [0.2, 0.25) is 5.15 Å². The predicted molar refractivity (Wildman–Crippen MR) is 110 cm³/mol. The first kappa shape index (κ1) is 20.7. The van der Waals surface area contributed by atoms with Crippen molar-refractivity contribution in [2.75, 3.05) is 39.2 Å². The van der Waals surface area contributed by atoms with Crippen molar-refractivity contribution in [3.63, 3.8) is 0 Å². The van der Waals surface area contributed by atoms with Gasteiger partial charge in [-0.2, -0.15) is 18.4 Å². The van der Waals surface area contributed by atoms with E-state index >= 15 is 0 Å². The molecule has 3 aromatic heterocycles. The van der Waals surface area contributed by atoms with Gasteiger partial charge in [0.25, 0.3) is 11.9 Å². The molecule has 30 heavy (non-hydrogen) atoms. The second-order valence-corrected chi connectivity index (χ2v) is 7.98. The Morgan fingerprint density at radius 1 is 1.27 bits per heavy atom. The van der Waals surface area contributed by atoms with Gasteiger partial charge in [0, 0.05) is 44.4 Å². The van der Waals surface area contributed by atoms with Crippen molar-refractivity contribution in [1.82, 2.24) is 29.6 Å². The van der Waals surface area contributed by atoms with Gasteiger partial charge in [-0.3, -0.25) is 0 Å². The molecule has 0 radical (unpaired) electrons. The Labute approximate surface area is 177 Å². The summed E-state index contributed by atoms with van der Waals surface area (Å²) in [5.41, 5.74) is 0.125. The summed E-state index contributed by atoms with van der Waals surface area (Å²) in [6.07, 6.45) is 2.62. The minimum absolute atomic E-state index is 0.0206. The molecule has 4 heterocycles. The maximum atomic E-state index is 14.0. The van der Waals surface area contributed by atoms with Crippen LogP contribution in [0.5, 0.6) is 5.88 Å². The average molecular weight is 438 g/mol. The summed E-state index contributed by atoms with van der Waals surface area (Å²) < 4.78 is 34.5. The summed E-state index contributed by atoms with van der Waals surface area (Å²) in [5, 5.41) is 5.68. The number of anilines is 1. The maximum absolute atomic E-state index is 14.0. The Morgan fingerprint density at radius 2 is 2.03 bits per heavy atom. The van der Waals surface area contributed by atoms with Gasteiger partial charge in [0.2, 0.25) is 5.88 Å². The van der Waals surface area contributed by atoms with Gasteiger partial charge in [-0.1, -0.05) is 11.6 Å². The fourth-order valence-electron chi connectivity index (χ4n) is 3.55. The van der Waals surface area contributed by atoms with Crippen molar-refractivity contribution in [1.29, 1.82) is 0 Å². The van der Waals surface area contributed by atoms with Crippen LogP contribution in [0.3, 0.4) is 0 Å². The largest absolute Gasteiger partial charge is 0.481 e. The number of methoxy groups -OCH3 is 1. The third kappa shape index (κ3) is 3.77. The van der Waals surface area contributed by atoms with E-state index in [-0.39, 0.29) is 17.0 Å². The van der Waals surface area contributed by atoms with Crippen LogP contribution in [0.15, 0.2) is 18.3 Å². The first-order valence-electron chi connectivity index (χ1n) is 9.44. The van der Waals surface area contributed by atoms with Crippen LogP contribution in [-0.4, -0.2) is 70.0 Å². The van der Waals surface area contributed by atoms with E-state index < -0.39 is 11.6 Å². The highest BCUT2D eigenvalue weighted by Crippen LogP contribution is 2.33. The maximum Gasteiger partial charge on any atom is 0.287 e. The number of hydrogen-bond acceptors (Lipinski definition) is 7. The molecule has 8 nitrogen and oxygen atoms in total. The zero-order chi connectivity index (χ0) is 21.6. The quantitative estimate of drug-likeness (QED) is 0.568. The molecule has 0 bridgehead atoms. The number of aromatic nitrogens is 5. The van der Waals surface area contributed by atoms with Crippen LogP contribution in [0.4, 0.5) is 14.6 Å². The third-order valence-electron chi connectivity index (χ3n) is 5.24. The topological polar surface area (TPSA) is 72.2 Å². The Bertz CT molecular complexity index is 1080. The third-order valence-corrected chi connectivity index (χ3v) is 5.45. The highest BCUT2D eigenvalue weighted by atomic mass is 35.5. The van der Waals surface area contributed by atoms with Gasteiger partial charge in [0.05, 0.1) is 18.0 Å². The summed E-state index contributed by atoms with van der Waals surface area (Å²) in [6, 6.07) is 3.13. The van der Waals surface area contributed by atoms with Gasteiger partial charge in [0.15, 0.2) is 5.82 Å². The lowest BCUT2D eigenvalue weighted by atomic mass is 10.2. The van der Waals surface area contributed by atoms with Crippen molar-refractivity contribution in [3.8, 4) is 11.8 Å². The fourth-order valence-corrected chi connectivity index (χ4v) is 3.70. The highest BCUT2D eigenvalue weighted by Gasteiger charge is 2.31. The predicted octanol–water partition coefficient (Wildman–Crippen LogP) is 3.12. The second kappa shape index (κ2) is 7.59. The molecule has 160 valence electrons. The van der Waals surface area contributed by atoms with Crippen molar-refractivity contribution in [2.24, 2.45) is 0 Å². The number of alkyl halides is 2. The lowest BCUT2D eigenvalue weighted by Crippen LogP contribution is -2.31.